The van der Waals surface area contributed by atoms with Crippen molar-refractivity contribution in [3.8, 4) is 28.7 Å². The van der Waals surface area contributed by atoms with Gasteiger partial charge in [0.25, 0.3) is 0 Å². The van der Waals surface area contributed by atoms with Gasteiger partial charge in [0, 0.05) is 12.0 Å². The monoisotopic (exact) mass is 356 g/mol. The quantitative estimate of drug-likeness (QED) is 0.671. The first-order chi connectivity index (χ1) is 12.7. The molecular formula is C18H20N4O4. The summed E-state index contributed by atoms with van der Waals surface area (Å²) in [6.07, 6.45) is 3.61. The van der Waals surface area contributed by atoms with Crippen molar-refractivity contribution < 1.29 is 18.6 Å². The van der Waals surface area contributed by atoms with Crippen LogP contribution in [0.4, 0.5) is 0 Å². The molecule has 4 rings (SSSR count). The molecule has 0 fully saturated rings. The van der Waals surface area contributed by atoms with Crippen molar-refractivity contribution in [3.05, 3.63) is 35.7 Å². The van der Waals surface area contributed by atoms with Crippen LogP contribution in [0.3, 0.4) is 0 Å². The first kappa shape index (κ1) is 16.4. The normalized spacial score (nSPS) is 12.6. The molecule has 0 atom stereocenters. The van der Waals surface area contributed by atoms with E-state index in [1.807, 2.05) is 19.1 Å². The molecule has 3 aromatic rings. The van der Waals surface area contributed by atoms with Crippen LogP contribution in [0.25, 0.3) is 11.5 Å². The molecule has 3 heterocycles. The lowest BCUT2D eigenvalue weighted by Gasteiger charge is -2.06. The van der Waals surface area contributed by atoms with Crippen LogP contribution in [-0.2, 0) is 13.0 Å². The fraction of sp³-hybridized carbons (Fsp3) is 0.389. The van der Waals surface area contributed by atoms with E-state index in [9.17, 15) is 0 Å². The lowest BCUT2D eigenvalue weighted by molar-refractivity contribution is 0.171. The van der Waals surface area contributed by atoms with Gasteiger partial charge in [-0.25, -0.2) is 14.6 Å². The molecule has 0 N–H and O–H groups in total. The highest BCUT2D eigenvalue weighted by molar-refractivity contribution is 5.66. The Morgan fingerprint density at radius 1 is 1.27 bits per heavy atom. The molecule has 0 spiro atoms. The summed E-state index contributed by atoms with van der Waals surface area (Å²) in [5, 5.41) is 4.46. The molecule has 0 saturated heterocycles. The van der Waals surface area contributed by atoms with E-state index < -0.39 is 0 Å². The van der Waals surface area contributed by atoms with Gasteiger partial charge in [0.1, 0.15) is 17.8 Å². The minimum Gasteiger partial charge on any atom is -0.493 e. The van der Waals surface area contributed by atoms with Crippen LogP contribution in [0.5, 0.6) is 17.2 Å². The van der Waals surface area contributed by atoms with E-state index in [4.69, 9.17) is 18.6 Å². The molecule has 0 aliphatic carbocycles. The van der Waals surface area contributed by atoms with Gasteiger partial charge in [0.05, 0.1) is 13.7 Å². The first-order valence-corrected chi connectivity index (χ1v) is 8.50. The number of rotatable bonds is 6. The number of aryl methyl sites for hydroxylation is 2. The molecular weight excluding hydrogens is 336 g/mol. The smallest absolute Gasteiger partial charge is 0.231 e. The lowest BCUT2D eigenvalue weighted by Crippen LogP contribution is -2.02. The Bertz CT molecular complexity index is 931. The second-order valence-corrected chi connectivity index (χ2v) is 6.04. The predicted molar refractivity (Wildman–Crippen MR) is 92.5 cm³/mol. The summed E-state index contributed by atoms with van der Waals surface area (Å²) in [7, 11) is 1.59. The largest absolute Gasteiger partial charge is 0.493 e. The summed E-state index contributed by atoms with van der Waals surface area (Å²) in [5.74, 6) is 3.90. The second kappa shape index (κ2) is 6.70. The Labute approximate surface area is 150 Å². The van der Waals surface area contributed by atoms with Crippen molar-refractivity contribution in [2.45, 2.75) is 33.2 Å². The summed E-state index contributed by atoms with van der Waals surface area (Å²) in [6.45, 7) is 4.68. The van der Waals surface area contributed by atoms with Gasteiger partial charge in [0.2, 0.25) is 18.4 Å². The van der Waals surface area contributed by atoms with Crippen LogP contribution < -0.4 is 14.2 Å². The van der Waals surface area contributed by atoms with Gasteiger partial charge < -0.3 is 18.6 Å². The molecule has 8 nitrogen and oxygen atoms in total. The number of methoxy groups -OCH3 is 1. The number of oxazole rings is 1. The topological polar surface area (TPSA) is 84.4 Å². The van der Waals surface area contributed by atoms with Crippen molar-refractivity contribution in [1.82, 2.24) is 19.7 Å². The van der Waals surface area contributed by atoms with Gasteiger partial charge in [0.15, 0.2) is 17.3 Å². The van der Waals surface area contributed by atoms with E-state index in [0.717, 1.165) is 35.7 Å². The zero-order chi connectivity index (χ0) is 18.1. The third-order valence-electron chi connectivity index (χ3n) is 4.17. The molecule has 1 aliphatic heterocycles. The summed E-state index contributed by atoms with van der Waals surface area (Å²) in [5.41, 5.74) is 1.58. The second-order valence-electron chi connectivity index (χ2n) is 6.04. The summed E-state index contributed by atoms with van der Waals surface area (Å²) in [4.78, 5) is 8.93. The fourth-order valence-corrected chi connectivity index (χ4v) is 2.85. The summed E-state index contributed by atoms with van der Waals surface area (Å²) >= 11 is 0. The molecule has 2 aromatic heterocycles. The van der Waals surface area contributed by atoms with Gasteiger partial charge >= 0.3 is 0 Å². The third-order valence-corrected chi connectivity index (χ3v) is 4.17. The highest BCUT2D eigenvalue weighted by atomic mass is 16.7. The molecule has 136 valence electrons. The number of ether oxygens (including phenoxy) is 3. The van der Waals surface area contributed by atoms with E-state index in [1.54, 1.807) is 18.1 Å². The first-order valence-electron chi connectivity index (χ1n) is 8.50. The Morgan fingerprint density at radius 2 is 2.15 bits per heavy atom. The predicted octanol–water partition coefficient (Wildman–Crippen LogP) is 2.98. The SMILES string of the molecule is CCCc1ncn(Cc2nc(-c3cc(OC)c4c(c3)OCO4)oc2C)n1. The molecule has 0 bridgehead atoms. The van der Waals surface area contributed by atoms with Crippen LogP contribution in [0, 0.1) is 6.92 Å². The maximum atomic E-state index is 5.86. The highest BCUT2D eigenvalue weighted by Crippen LogP contribution is 2.44. The van der Waals surface area contributed by atoms with Crippen molar-refractivity contribution >= 4 is 0 Å². The van der Waals surface area contributed by atoms with Gasteiger partial charge in [-0.3, -0.25) is 0 Å². The van der Waals surface area contributed by atoms with Crippen LogP contribution in [-0.4, -0.2) is 33.7 Å². The highest BCUT2D eigenvalue weighted by Gasteiger charge is 2.23. The zero-order valence-electron chi connectivity index (χ0n) is 15.0. The van der Waals surface area contributed by atoms with Crippen LogP contribution in [0.15, 0.2) is 22.9 Å². The van der Waals surface area contributed by atoms with Gasteiger partial charge in [-0.1, -0.05) is 6.92 Å². The fourth-order valence-electron chi connectivity index (χ4n) is 2.85. The number of aromatic nitrogens is 4. The van der Waals surface area contributed by atoms with E-state index in [-0.39, 0.29) is 6.79 Å². The van der Waals surface area contributed by atoms with Crippen molar-refractivity contribution in [2.75, 3.05) is 13.9 Å². The van der Waals surface area contributed by atoms with Crippen LogP contribution in [0.1, 0.15) is 30.6 Å². The molecule has 1 aliphatic rings. The Morgan fingerprint density at radius 3 is 2.96 bits per heavy atom. The summed E-state index contributed by atoms with van der Waals surface area (Å²) in [6, 6.07) is 3.67. The van der Waals surface area contributed by atoms with Crippen molar-refractivity contribution in [3.63, 3.8) is 0 Å². The van der Waals surface area contributed by atoms with E-state index in [2.05, 4.69) is 22.0 Å². The van der Waals surface area contributed by atoms with Crippen LogP contribution >= 0.6 is 0 Å². The third kappa shape index (κ3) is 2.98. The Kier molecular flexibility index (Phi) is 4.24. The Hall–Kier alpha value is -3.03. The van der Waals surface area contributed by atoms with Crippen molar-refractivity contribution in [1.29, 1.82) is 0 Å². The maximum Gasteiger partial charge on any atom is 0.231 e. The average molecular weight is 356 g/mol. The molecule has 26 heavy (non-hydrogen) atoms. The number of nitrogens with zero attached hydrogens (tertiary/aromatic N) is 4. The molecule has 0 unspecified atom stereocenters. The minimum atomic E-state index is 0.178. The number of benzene rings is 1. The molecule has 1 aromatic carbocycles. The maximum absolute atomic E-state index is 5.86. The Balaban J connectivity index is 1.62. The van der Waals surface area contributed by atoms with Gasteiger partial charge in [-0.05, 0) is 25.5 Å². The molecule has 0 amide bonds. The minimum absolute atomic E-state index is 0.178. The van der Waals surface area contributed by atoms with Gasteiger partial charge in [-0.2, -0.15) is 5.10 Å². The zero-order valence-corrected chi connectivity index (χ0v) is 15.0. The standard InChI is InChI=1S/C18H20N4O4/c1-4-5-16-19-9-22(21-16)8-13-11(2)26-18(20-13)12-6-14(23-3)17-15(7-12)24-10-25-17/h6-7,9H,4-5,8,10H2,1-3H3. The molecule has 8 heteroatoms. The van der Waals surface area contributed by atoms with Crippen molar-refractivity contribution in [2.24, 2.45) is 0 Å². The summed E-state index contributed by atoms with van der Waals surface area (Å²) < 4.78 is 23.9. The number of fused-ring (bicyclic) bond motifs is 1. The number of hydrogen-bond acceptors (Lipinski definition) is 7. The van der Waals surface area contributed by atoms with Crippen LogP contribution in [0.2, 0.25) is 0 Å². The molecule has 0 radical (unpaired) electrons. The van der Waals surface area contributed by atoms with E-state index >= 15 is 0 Å². The molecule has 0 saturated carbocycles. The van der Waals surface area contributed by atoms with Gasteiger partial charge in [-0.15, -0.1) is 0 Å². The van der Waals surface area contributed by atoms with E-state index in [0.29, 0.717) is 29.7 Å². The average Bonchev–Trinajstić information content (AvgIpc) is 3.35. The van der Waals surface area contributed by atoms with E-state index in [1.165, 1.54) is 0 Å². The lowest BCUT2D eigenvalue weighted by atomic mass is 10.2. The number of hydrogen-bond donors (Lipinski definition) is 0.